The molecule has 2 rings (SSSR count). The molecule has 1 N–H and O–H groups in total. The monoisotopic (exact) mass is 246 g/mol. The van der Waals surface area contributed by atoms with Gasteiger partial charge < -0.3 is 10.2 Å². The Morgan fingerprint density at radius 3 is 2.44 bits per heavy atom. The van der Waals surface area contributed by atoms with Crippen molar-refractivity contribution < 1.29 is 0 Å². The van der Waals surface area contributed by atoms with Crippen LogP contribution in [0.5, 0.6) is 0 Å². The van der Waals surface area contributed by atoms with Crippen LogP contribution in [0.2, 0.25) is 0 Å². The molecule has 1 heterocycles. The van der Waals surface area contributed by atoms with E-state index in [1.165, 1.54) is 37.1 Å². The lowest BCUT2D eigenvalue weighted by Gasteiger charge is -2.30. The average molecular weight is 246 g/mol. The molecule has 2 nitrogen and oxygen atoms in total. The van der Waals surface area contributed by atoms with Crippen LogP contribution >= 0.6 is 0 Å². The van der Waals surface area contributed by atoms with E-state index in [1.807, 2.05) is 0 Å². The SMILES string of the molecule is Cc1ccc(C(C)NCC2CCN(C)CC2)cc1. The first-order valence-electron chi connectivity index (χ1n) is 7.13. The van der Waals surface area contributed by atoms with Crippen LogP contribution in [0.3, 0.4) is 0 Å². The molecule has 0 radical (unpaired) electrons. The van der Waals surface area contributed by atoms with Gasteiger partial charge in [-0.3, -0.25) is 0 Å². The van der Waals surface area contributed by atoms with E-state index < -0.39 is 0 Å². The fourth-order valence-corrected chi connectivity index (χ4v) is 2.58. The zero-order valence-electron chi connectivity index (χ0n) is 11.9. The van der Waals surface area contributed by atoms with Gasteiger partial charge in [0.1, 0.15) is 0 Å². The molecule has 0 bridgehead atoms. The molecule has 1 aromatic carbocycles. The summed E-state index contributed by atoms with van der Waals surface area (Å²) in [7, 11) is 2.22. The zero-order chi connectivity index (χ0) is 13.0. The number of hydrogen-bond donors (Lipinski definition) is 1. The van der Waals surface area contributed by atoms with Crippen molar-refractivity contribution in [2.45, 2.75) is 32.7 Å². The summed E-state index contributed by atoms with van der Waals surface area (Å²) in [5.74, 6) is 0.856. The van der Waals surface area contributed by atoms with Gasteiger partial charge in [0.2, 0.25) is 0 Å². The maximum atomic E-state index is 3.68. The van der Waals surface area contributed by atoms with Crippen LogP contribution in [0.15, 0.2) is 24.3 Å². The molecule has 0 saturated carbocycles. The van der Waals surface area contributed by atoms with Crippen LogP contribution < -0.4 is 5.32 Å². The van der Waals surface area contributed by atoms with Crippen molar-refractivity contribution in [3.05, 3.63) is 35.4 Å². The Labute approximate surface area is 111 Å². The summed E-state index contributed by atoms with van der Waals surface area (Å²) in [4.78, 5) is 2.43. The van der Waals surface area contributed by atoms with Crippen LogP contribution in [0, 0.1) is 12.8 Å². The van der Waals surface area contributed by atoms with Crippen LogP contribution in [0.1, 0.15) is 36.9 Å². The fraction of sp³-hybridized carbons (Fsp3) is 0.625. The summed E-state index contributed by atoms with van der Waals surface area (Å²) in [6, 6.07) is 9.33. The highest BCUT2D eigenvalue weighted by atomic mass is 15.1. The van der Waals surface area contributed by atoms with Gasteiger partial charge in [0, 0.05) is 6.04 Å². The topological polar surface area (TPSA) is 15.3 Å². The summed E-state index contributed by atoms with van der Waals surface area (Å²) in [5.41, 5.74) is 2.73. The Hall–Kier alpha value is -0.860. The minimum absolute atomic E-state index is 0.463. The van der Waals surface area contributed by atoms with Gasteiger partial charge >= 0.3 is 0 Å². The number of benzene rings is 1. The highest BCUT2D eigenvalue weighted by Crippen LogP contribution is 2.18. The van der Waals surface area contributed by atoms with E-state index in [2.05, 4.69) is 55.4 Å². The summed E-state index contributed by atoms with van der Waals surface area (Å²) < 4.78 is 0. The smallest absolute Gasteiger partial charge is 0.0291 e. The van der Waals surface area contributed by atoms with Crippen molar-refractivity contribution in [2.24, 2.45) is 5.92 Å². The van der Waals surface area contributed by atoms with E-state index in [9.17, 15) is 0 Å². The van der Waals surface area contributed by atoms with Gasteiger partial charge in [0.25, 0.3) is 0 Å². The molecule has 0 spiro atoms. The summed E-state index contributed by atoms with van der Waals surface area (Å²) >= 11 is 0. The van der Waals surface area contributed by atoms with Gasteiger partial charge in [-0.2, -0.15) is 0 Å². The highest BCUT2D eigenvalue weighted by molar-refractivity contribution is 5.23. The number of aryl methyl sites for hydroxylation is 1. The van der Waals surface area contributed by atoms with E-state index in [-0.39, 0.29) is 0 Å². The van der Waals surface area contributed by atoms with E-state index in [0.717, 1.165) is 12.5 Å². The predicted molar refractivity (Wildman–Crippen MR) is 77.8 cm³/mol. The maximum absolute atomic E-state index is 3.68. The van der Waals surface area contributed by atoms with Crippen molar-refractivity contribution in [2.75, 3.05) is 26.7 Å². The number of nitrogens with one attached hydrogen (secondary N) is 1. The van der Waals surface area contributed by atoms with E-state index >= 15 is 0 Å². The van der Waals surface area contributed by atoms with Gasteiger partial charge in [0.15, 0.2) is 0 Å². The lowest BCUT2D eigenvalue weighted by Crippen LogP contribution is -2.35. The number of nitrogens with zero attached hydrogens (tertiary/aromatic N) is 1. The fourth-order valence-electron chi connectivity index (χ4n) is 2.58. The second-order valence-corrected chi connectivity index (χ2v) is 5.79. The van der Waals surface area contributed by atoms with Gasteiger partial charge in [-0.25, -0.2) is 0 Å². The van der Waals surface area contributed by atoms with Crippen LogP contribution in [0.4, 0.5) is 0 Å². The maximum Gasteiger partial charge on any atom is 0.0291 e. The average Bonchev–Trinajstić information content (AvgIpc) is 2.38. The number of likely N-dealkylation sites (tertiary alicyclic amines) is 1. The predicted octanol–water partition coefficient (Wildman–Crippen LogP) is 2.99. The number of hydrogen-bond acceptors (Lipinski definition) is 2. The van der Waals surface area contributed by atoms with E-state index in [1.54, 1.807) is 0 Å². The lowest BCUT2D eigenvalue weighted by atomic mass is 9.96. The Bertz CT molecular complexity index is 350. The lowest BCUT2D eigenvalue weighted by molar-refractivity contribution is 0.213. The third-order valence-electron chi connectivity index (χ3n) is 4.13. The molecule has 1 saturated heterocycles. The van der Waals surface area contributed by atoms with Crippen molar-refractivity contribution in [3.8, 4) is 0 Å². The standard InChI is InChI=1S/C16H26N2/c1-13-4-6-16(7-5-13)14(2)17-12-15-8-10-18(3)11-9-15/h4-7,14-15,17H,8-12H2,1-3H3. The molecule has 2 heteroatoms. The zero-order valence-corrected chi connectivity index (χ0v) is 11.9. The van der Waals surface area contributed by atoms with Crippen LogP contribution in [-0.4, -0.2) is 31.6 Å². The van der Waals surface area contributed by atoms with Crippen molar-refractivity contribution in [1.82, 2.24) is 10.2 Å². The Kier molecular flexibility index (Phi) is 4.79. The molecule has 1 aliphatic rings. The van der Waals surface area contributed by atoms with Crippen molar-refractivity contribution >= 4 is 0 Å². The molecule has 0 aliphatic carbocycles. The van der Waals surface area contributed by atoms with Crippen molar-refractivity contribution in [3.63, 3.8) is 0 Å². The molecule has 0 amide bonds. The molecule has 18 heavy (non-hydrogen) atoms. The highest BCUT2D eigenvalue weighted by Gasteiger charge is 2.17. The first-order valence-corrected chi connectivity index (χ1v) is 7.13. The normalized spacial score (nSPS) is 19.9. The molecule has 1 aliphatic heterocycles. The molecule has 1 fully saturated rings. The minimum Gasteiger partial charge on any atom is -0.310 e. The summed E-state index contributed by atoms with van der Waals surface area (Å²) in [6.45, 7) is 8.07. The quantitative estimate of drug-likeness (QED) is 0.878. The third kappa shape index (κ3) is 3.82. The first-order chi connectivity index (χ1) is 8.65. The second kappa shape index (κ2) is 6.35. The molecule has 1 aromatic rings. The Balaban J connectivity index is 1.77. The summed E-state index contributed by atoms with van der Waals surface area (Å²) in [6.07, 6.45) is 2.67. The summed E-state index contributed by atoms with van der Waals surface area (Å²) in [5, 5.41) is 3.68. The van der Waals surface area contributed by atoms with E-state index in [4.69, 9.17) is 0 Å². The second-order valence-electron chi connectivity index (χ2n) is 5.79. The van der Waals surface area contributed by atoms with Crippen molar-refractivity contribution in [1.29, 1.82) is 0 Å². The van der Waals surface area contributed by atoms with E-state index in [0.29, 0.717) is 6.04 Å². The molecular formula is C16H26N2. The van der Waals surface area contributed by atoms with Gasteiger partial charge in [-0.05, 0) is 64.9 Å². The van der Waals surface area contributed by atoms with Crippen LogP contribution in [0.25, 0.3) is 0 Å². The molecule has 1 atom stereocenters. The third-order valence-corrected chi connectivity index (χ3v) is 4.13. The largest absolute Gasteiger partial charge is 0.310 e. The molecule has 100 valence electrons. The van der Waals surface area contributed by atoms with Crippen LogP contribution in [-0.2, 0) is 0 Å². The Morgan fingerprint density at radius 1 is 1.22 bits per heavy atom. The molecule has 1 unspecified atom stereocenters. The Morgan fingerprint density at radius 2 is 1.83 bits per heavy atom. The molecule has 0 aromatic heterocycles. The van der Waals surface area contributed by atoms with Gasteiger partial charge in [-0.1, -0.05) is 29.8 Å². The number of rotatable bonds is 4. The number of piperidine rings is 1. The van der Waals surface area contributed by atoms with Gasteiger partial charge in [0.05, 0.1) is 0 Å². The molecular weight excluding hydrogens is 220 g/mol. The first kappa shape index (κ1) is 13.6. The minimum atomic E-state index is 0.463. The van der Waals surface area contributed by atoms with Gasteiger partial charge in [-0.15, -0.1) is 0 Å².